The predicted octanol–water partition coefficient (Wildman–Crippen LogP) is 0.873. The maximum Gasteiger partial charge on any atom is 0.243 e. The van der Waals surface area contributed by atoms with Gasteiger partial charge in [-0.25, -0.2) is 8.42 Å². The van der Waals surface area contributed by atoms with Crippen LogP contribution in [0.2, 0.25) is 0 Å². The van der Waals surface area contributed by atoms with E-state index in [0.29, 0.717) is 38.8 Å². The molecule has 3 rings (SSSR count). The van der Waals surface area contributed by atoms with E-state index < -0.39 is 28.6 Å². The van der Waals surface area contributed by atoms with Crippen LogP contribution in [0.25, 0.3) is 10.8 Å². The molecule has 6 N–H and O–H groups in total. The number of fused-ring (bicyclic) bond motifs is 1. The Kier molecular flexibility index (Phi) is 9.19. The van der Waals surface area contributed by atoms with E-state index >= 15 is 0 Å². The molecule has 35 heavy (non-hydrogen) atoms. The molecule has 0 spiro atoms. The second-order valence-electron chi connectivity index (χ2n) is 8.68. The van der Waals surface area contributed by atoms with E-state index in [9.17, 15) is 23.1 Å². The highest BCUT2D eigenvalue weighted by atomic mass is 32.2. The van der Waals surface area contributed by atoms with Crippen molar-refractivity contribution in [2.24, 2.45) is 16.5 Å². The first-order chi connectivity index (χ1) is 16.7. The molecule has 0 radical (unpaired) electrons. The summed E-state index contributed by atoms with van der Waals surface area (Å²) in [5.74, 6) is -0.433. The van der Waals surface area contributed by atoms with Gasteiger partial charge in [-0.3, -0.25) is 14.6 Å². The average Bonchev–Trinajstić information content (AvgIpc) is 3.31. The summed E-state index contributed by atoms with van der Waals surface area (Å²) in [6, 6.07) is 10.6. The third-order valence-electron chi connectivity index (χ3n) is 6.13. The molecule has 1 aliphatic rings. The number of nitrogens with two attached hydrogens (primary N) is 2. The number of nitrogens with zero attached hydrogens (tertiary/aromatic N) is 2. The van der Waals surface area contributed by atoms with Gasteiger partial charge < -0.3 is 21.5 Å². The number of guanidine groups is 1. The van der Waals surface area contributed by atoms with Crippen molar-refractivity contribution < 1.29 is 23.1 Å². The van der Waals surface area contributed by atoms with Gasteiger partial charge in [0.05, 0.1) is 11.5 Å². The number of hydrogen-bond acceptors (Lipinski definition) is 6. The minimum absolute atomic E-state index is 0.00719. The molecule has 1 fully saturated rings. The van der Waals surface area contributed by atoms with Crippen molar-refractivity contribution >= 4 is 38.4 Å². The molecule has 190 valence electrons. The summed E-state index contributed by atoms with van der Waals surface area (Å²) in [5.41, 5.74) is 10.5. The molecule has 1 amide bonds. The third-order valence-corrected chi connectivity index (χ3v) is 7.60. The second-order valence-corrected chi connectivity index (χ2v) is 10.4. The van der Waals surface area contributed by atoms with Crippen LogP contribution in [0.4, 0.5) is 0 Å². The van der Waals surface area contributed by atoms with E-state index in [-0.39, 0.29) is 22.7 Å². The number of carbonyl (C=O) groups excluding carboxylic acids is 2. The molecule has 2 atom stereocenters. The summed E-state index contributed by atoms with van der Waals surface area (Å²) in [4.78, 5) is 30.8. The van der Waals surface area contributed by atoms with Gasteiger partial charge in [0.25, 0.3) is 0 Å². The minimum Gasteiger partial charge on any atom is -0.394 e. The zero-order valence-electron chi connectivity index (χ0n) is 19.6. The summed E-state index contributed by atoms with van der Waals surface area (Å²) < 4.78 is 28.3. The van der Waals surface area contributed by atoms with Crippen molar-refractivity contribution in [1.82, 2.24) is 9.62 Å². The summed E-state index contributed by atoms with van der Waals surface area (Å²) in [6.45, 7) is 0.173. The molecule has 2 aromatic rings. The largest absolute Gasteiger partial charge is 0.394 e. The monoisotopic (exact) mass is 503 g/mol. The third kappa shape index (κ3) is 7.23. The Hall–Kier alpha value is -3.02. The van der Waals surface area contributed by atoms with E-state index in [2.05, 4.69) is 9.71 Å². The zero-order chi connectivity index (χ0) is 25.4. The first-order valence-electron chi connectivity index (χ1n) is 11.7. The van der Waals surface area contributed by atoms with Gasteiger partial charge in [-0.1, -0.05) is 30.3 Å². The van der Waals surface area contributed by atoms with Gasteiger partial charge in [0, 0.05) is 32.0 Å². The van der Waals surface area contributed by atoms with E-state index in [1.165, 1.54) is 12.1 Å². The quantitative estimate of drug-likeness (QED) is 0.189. The maximum atomic E-state index is 13.1. The molecule has 0 aromatic heterocycles. The van der Waals surface area contributed by atoms with Crippen LogP contribution in [0.3, 0.4) is 0 Å². The number of amides is 1. The number of rotatable bonds is 12. The maximum absolute atomic E-state index is 13.1. The number of sulfonamides is 1. The van der Waals surface area contributed by atoms with Crippen LogP contribution in [0, 0.1) is 0 Å². The highest BCUT2D eigenvalue weighted by molar-refractivity contribution is 7.89. The van der Waals surface area contributed by atoms with Gasteiger partial charge in [0.15, 0.2) is 5.96 Å². The fourth-order valence-electron chi connectivity index (χ4n) is 4.32. The van der Waals surface area contributed by atoms with Crippen LogP contribution in [0.5, 0.6) is 0 Å². The molecule has 2 unspecified atom stereocenters. The number of aliphatic hydroxyl groups excluding tert-OH is 1. The molecule has 2 aromatic carbocycles. The van der Waals surface area contributed by atoms with Gasteiger partial charge in [0.1, 0.15) is 11.8 Å². The molecular formula is C24H33N5O5S. The van der Waals surface area contributed by atoms with Crippen molar-refractivity contribution in [2.45, 2.75) is 55.5 Å². The molecule has 10 nitrogen and oxygen atoms in total. The molecule has 0 aliphatic carbocycles. The van der Waals surface area contributed by atoms with Crippen molar-refractivity contribution in [3.05, 3.63) is 42.5 Å². The number of nitrogens with one attached hydrogen (secondary N) is 1. The van der Waals surface area contributed by atoms with Crippen molar-refractivity contribution in [2.75, 3.05) is 19.7 Å². The minimum atomic E-state index is -4.04. The number of hydrogen-bond donors (Lipinski definition) is 4. The molecule has 1 heterocycles. The standard InChI is InChI=1S/C24H33N5O5S/c25-24(26)27-13-3-8-20(31)11-10-19-7-4-14-29(19)23(32)22(16-30)28-35(33,34)21-12-9-17-5-1-2-6-18(17)15-21/h1-2,5-6,9,12,15,19,22,28,30H,3-4,7-8,10-11,13-14,16H2,(H4,25,26,27). The number of Topliss-reactive ketones (excluding diaryl/α,β-unsaturated/α-hetero) is 1. The molecule has 0 bridgehead atoms. The van der Waals surface area contributed by atoms with Crippen molar-refractivity contribution in [1.29, 1.82) is 0 Å². The number of ketones is 1. The average molecular weight is 504 g/mol. The smallest absolute Gasteiger partial charge is 0.243 e. The van der Waals surface area contributed by atoms with E-state index in [1.807, 2.05) is 18.2 Å². The van der Waals surface area contributed by atoms with Crippen LogP contribution in [0.1, 0.15) is 38.5 Å². The Labute approximate surface area is 205 Å². The summed E-state index contributed by atoms with van der Waals surface area (Å²) in [5, 5.41) is 11.5. The number of likely N-dealkylation sites (tertiary alicyclic amines) is 1. The van der Waals surface area contributed by atoms with Crippen LogP contribution in [-0.4, -0.2) is 67.9 Å². The molecule has 11 heteroatoms. The highest BCUT2D eigenvalue weighted by Crippen LogP contribution is 2.24. The van der Waals surface area contributed by atoms with Crippen LogP contribution < -0.4 is 16.2 Å². The lowest BCUT2D eigenvalue weighted by atomic mass is 10.0. The zero-order valence-corrected chi connectivity index (χ0v) is 20.4. The molecular weight excluding hydrogens is 470 g/mol. The fraction of sp³-hybridized carbons (Fsp3) is 0.458. The predicted molar refractivity (Wildman–Crippen MR) is 134 cm³/mol. The first-order valence-corrected chi connectivity index (χ1v) is 13.2. The first kappa shape index (κ1) is 26.6. The fourth-order valence-corrected chi connectivity index (χ4v) is 5.53. The summed E-state index contributed by atoms with van der Waals surface area (Å²) >= 11 is 0. The van der Waals surface area contributed by atoms with E-state index in [4.69, 9.17) is 11.5 Å². The Bertz CT molecular complexity index is 1180. The topological polar surface area (TPSA) is 168 Å². The summed E-state index contributed by atoms with van der Waals surface area (Å²) in [6.07, 6.45) is 3.17. The Morgan fingerprint density at radius 3 is 2.60 bits per heavy atom. The van der Waals surface area contributed by atoms with Gasteiger partial charge in [-0.05, 0) is 48.6 Å². The van der Waals surface area contributed by atoms with E-state index in [0.717, 1.165) is 23.6 Å². The van der Waals surface area contributed by atoms with Gasteiger partial charge in [-0.2, -0.15) is 4.72 Å². The lowest BCUT2D eigenvalue weighted by molar-refractivity contribution is -0.135. The lowest BCUT2D eigenvalue weighted by Gasteiger charge is -2.28. The van der Waals surface area contributed by atoms with Crippen molar-refractivity contribution in [3.8, 4) is 0 Å². The molecule has 1 saturated heterocycles. The Balaban J connectivity index is 1.60. The highest BCUT2D eigenvalue weighted by Gasteiger charge is 2.35. The van der Waals surface area contributed by atoms with Crippen LogP contribution in [-0.2, 0) is 19.6 Å². The number of aliphatic imine (C=N–C) groups is 1. The van der Waals surface area contributed by atoms with Crippen molar-refractivity contribution in [3.63, 3.8) is 0 Å². The number of benzene rings is 2. The molecule has 0 saturated carbocycles. The van der Waals surface area contributed by atoms with Gasteiger partial charge in [0.2, 0.25) is 15.9 Å². The van der Waals surface area contributed by atoms with Crippen LogP contribution in [0.15, 0.2) is 52.4 Å². The Morgan fingerprint density at radius 1 is 1.14 bits per heavy atom. The second kappa shape index (κ2) is 12.1. The van der Waals surface area contributed by atoms with Crippen LogP contribution >= 0.6 is 0 Å². The number of carbonyl (C=O) groups is 2. The van der Waals surface area contributed by atoms with Gasteiger partial charge in [-0.15, -0.1) is 0 Å². The summed E-state index contributed by atoms with van der Waals surface area (Å²) in [7, 11) is -4.04. The molecule has 1 aliphatic heterocycles. The van der Waals surface area contributed by atoms with E-state index in [1.54, 1.807) is 17.0 Å². The van der Waals surface area contributed by atoms with Gasteiger partial charge >= 0.3 is 0 Å². The normalized spacial score (nSPS) is 16.8. The lowest BCUT2D eigenvalue weighted by Crippen LogP contribution is -2.51. The number of aliphatic hydroxyl groups is 1. The SMILES string of the molecule is NC(N)=NCCCC(=O)CCC1CCCN1C(=O)C(CO)NS(=O)(=O)c1ccc2ccccc2c1. The Morgan fingerprint density at radius 2 is 1.89 bits per heavy atom.